The van der Waals surface area contributed by atoms with E-state index in [9.17, 15) is 0 Å². The van der Waals surface area contributed by atoms with Gasteiger partial charge >= 0.3 is 0 Å². The minimum absolute atomic E-state index is 0.174. The van der Waals surface area contributed by atoms with Gasteiger partial charge in [-0.15, -0.1) is 11.6 Å². The second-order valence-corrected chi connectivity index (χ2v) is 4.00. The molecular formula is C11H16ClNO. The van der Waals surface area contributed by atoms with Crippen molar-refractivity contribution in [2.75, 3.05) is 13.7 Å². The number of ether oxygens (including phenoxy) is 1. The van der Waals surface area contributed by atoms with E-state index in [2.05, 4.69) is 5.32 Å². The van der Waals surface area contributed by atoms with Gasteiger partial charge in [-0.1, -0.05) is 12.1 Å². The molecule has 0 unspecified atom stereocenters. The molecule has 0 aliphatic heterocycles. The number of hydrogen-bond donors (Lipinski definition) is 1. The van der Waals surface area contributed by atoms with Crippen LogP contribution in [0.15, 0.2) is 24.3 Å². The van der Waals surface area contributed by atoms with Crippen molar-refractivity contribution >= 4 is 11.6 Å². The quantitative estimate of drug-likeness (QED) is 0.759. The highest BCUT2D eigenvalue weighted by molar-refractivity contribution is 6.20. The zero-order valence-electron chi connectivity index (χ0n) is 8.59. The Morgan fingerprint density at radius 2 is 2.00 bits per heavy atom. The Bertz CT molecular complexity index is 258. The molecule has 0 spiro atoms. The molecule has 1 aromatic carbocycles. The summed E-state index contributed by atoms with van der Waals surface area (Å²) in [6.45, 7) is 3.65. The van der Waals surface area contributed by atoms with Crippen LogP contribution in [-0.2, 0) is 6.54 Å². The molecule has 2 nitrogen and oxygen atoms in total. The molecule has 0 heterocycles. The highest BCUT2D eigenvalue weighted by Gasteiger charge is 1.96. The van der Waals surface area contributed by atoms with E-state index in [1.165, 1.54) is 5.56 Å². The van der Waals surface area contributed by atoms with E-state index in [1.54, 1.807) is 7.11 Å². The van der Waals surface area contributed by atoms with Gasteiger partial charge in [0, 0.05) is 18.5 Å². The summed E-state index contributed by atoms with van der Waals surface area (Å²) >= 11 is 5.81. The predicted molar refractivity (Wildman–Crippen MR) is 60.0 cm³/mol. The number of benzene rings is 1. The monoisotopic (exact) mass is 213 g/mol. The summed E-state index contributed by atoms with van der Waals surface area (Å²) in [4.78, 5) is 0. The Morgan fingerprint density at radius 3 is 2.50 bits per heavy atom. The van der Waals surface area contributed by atoms with Gasteiger partial charge in [0.2, 0.25) is 0 Å². The van der Waals surface area contributed by atoms with Gasteiger partial charge in [0.25, 0.3) is 0 Å². The molecule has 14 heavy (non-hydrogen) atoms. The van der Waals surface area contributed by atoms with Crippen LogP contribution >= 0.6 is 11.6 Å². The number of rotatable bonds is 5. The molecule has 0 saturated heterocycles. The third-order valence-electron chi connectivity index (χ3n) is 1.91. The molecule has 1 N–H and O–H groups in total. The van der Waals surface area contributed by atoms with Crippen molar-refractivity contribution in [1.82, 2.24) is 5.32 Å². The van der Waals surface area contributed by atoms with E-state index >= 15 is 0 Å². The van der Waals surface area contributed by atoms with Gasteiger partial charge in [-0.2, -0.15) is 0 Å². The van der Waals surface area contributed by atoms with Crippen LogP contribution in [0.2, 0.25) is 0 Å². The molecule has 0 saturated carbocycles. The highest BCUT2D eigenvalue weighted by Crippen LogP contribution is 2.10. The van der Waals surface area contributed by atoms with Gasteiger partial charge < -0.3 is 10.1 Å². The standard InChI is InChI=1S/C11H16ClNO/c1-9(12)7-13-8-10-3-5-11(14-2)6-4-10/h3-6,9,13H,7-8H2,1-2H3/t9-/m1/s1. The largest absolute Gasteiger partial charge is 0.497 e. The maximum Gasteiger partial charge on any atom is 0.118 e. The summed E-state index contributed by atoms with van der Waals surface area (Å²) < 4.78 is 5.07. The van der Waals surface area contributed by atoms with E-state index in [-0.39, 0.29) is 5.38 Å². The van der Waals surface area contributed by atoms with E-state index in [0.29, 0.717) is 0 Å². The summed E-state index contributed by atoms with van der Waals surface area (Å²) in [5.74, 6) is 0.888. The molecule has 1 atom stereocenters. The molecule has 0 amide bonds. The van der Waals surface area contributed by atoms with Crippen molar-refractivity contribution in [3.05, 3.63) is 29.8 Å². The third kappa shape index (κ3) is 3.99. The molecule has 0 aliphatic carbocycles. The van der Waals surface area contributed by atoms with Crippen LogP contribution in [0.3, 0.4) is 0 Å². The molecule has 0 bridgehead atoms. The summed E-state index contributed by atoms with van der Waals surface area (Å²) in [6, 6.07) is 8.01. The minimum Gasteiger partial charge on any atom is -0.497 e. The summed E-state index contributed by atoms with van der Waals surface area (Å²) in [5.41, 5.74) is 1.24. The first kappa shape index (κ1) is 11.3. The van der Waals surface area contributed by atoms with E-state index in [4.69, 9.17) is 16.3 Å². The highest BCUT2D eigenvalue weighted by atomic mass is 35.5. The van der Waals surface area contributed by atoms with Gasteiger partial charge in [0.1, 0.15) is 5.75 Å². The second-order valence-electron chi connectivity index (χ2n) is 3.26. The van der Waals surface area contributed by atoms with Gasteiger partial charge in [-0.25, -0.2) is 0 Å². The molecule has 0 aliphatic rings. The van der Waals surface area contributed by atoms with Crippen molar-refractivity contribution in [3.63, 3.8) is 0 Å². The lowest BCUT2D eigenvalue weighted by molar-refractivity contribution is 0.414. The molecule has 0 fully saturated rings. The van der Waals surface area contributed by atoms with Crippen LogP contribution in [0, 0.1) is 0 Å². The van der Waals surface area contributed by atoms with E-state index < -0.39 is 0 Å². The molecule has 0 radical (unpaired) electrons. The Hall–Kier alpha value is -0.730. The van der Waals surface area contributed by atoms with Crippen LogP contribution in [0.5, 0.6) is 5.75 Å². The Labute approximate surface area is 90.2 Å². The number of hydrogen-bond acceptors (Lipinski definition) is 2. The Balaban J connectivity index is 2.36. The fraction of sp³-hybridized carbons (Fsp3) is 0.455. The SMILES string of the molecule is COc1ccc(CNC[C@@H](C)Cl)cc1. The summed E-state index contributed by atoms with van der Waals surface area (Å²) in [7, 11) is 1.67. The smallest absolute Gasteiger partial charge is 0.118 e. The van der Waals surface area contributed by atoms with Crippen molar-refractivity contribution in [2.45, 2.75) is 18.8 Å². The first-order valence-corrected chi connectivity index (χ1v) is 5.13. The van der Waals surface area contributed by atoms with Gasteiger partial charge in [-0.05, 0) is 24.6 Å². The lowest BCUT2D eigenvalue weighted by Gasteiger charge is -2.06. The third-order valence-corrected chi connectivity index (χ3v) is 2.07. The lowest BCUT2D eigenvalue weighted by atomic mass is 10.2. The fourth-order valence-corrected chi connectivity index (χ4v) is 1.27. The van der Waals surface area contributed by atoms with Crippen molar-refractivity contribution in [3.8, 4) is 5.75 Å². The van der Waals surface area contributed by atoms with E-state index in [0.717, 1.165) is 18.8 Å². The van der Waals surface area contributed by atoms with Crippen molar-refractivity contribution in [1.29, 1.82) is 0 Å². The van der Waals surface area contributed by atoms with Crippen LogP contribution in [0.1, 0.15) is 12.5 Å². The Kier molecular flexibility index (Phi) is 4.77. The fourth-order valence-electron chi connectivity index (χ4n) is 1.16. The topological polar surface area (TPSA) is 21.3 Å². The Morgan fingerprint density at radius 1 is 1.36 bits per heavy atom. The zero-order chi connectivity index (χ0) is 10.4. The predicted octanol–water partition coefficient (Wildman–Crippen LogP) is 2.41. The first-order chi connectivity index (χ1) is 6.72. The van der Waals surface area contributed by atoms with Crippen LogP contribution < -0.4 is 10.1 Å². The average molecular weight is 214 g/mol. The summed E-state index contributed by atoms with van der Waals surface area (Å²) in [6.07, 6.45) is 0. The number of nitrogens with one attached hydrogen (secondary N) is 1. The zero-order valence-corrected chi connectivity index (χ0v) is 9.34. The molecule has 1 rings (SSSR count). The number of alkyl halides is 1. The van der Waals surface area contributed by atoms with Crippen molar-refractivity contribution < 1.29 is 4.74 Å². The van der Waals surface area contributed by atoms with Crippen LogP contribution in [0.4, 0.5) is 0 Å². The molecular weight excluding hydrogens is 198 g/mol. The lowest BCUT2D eigenvalue weighted by Crippen LogP contribution is -2.20. The molecule has 78 valence electrons. The van der Waals surface area contributed by atoms with Crippen LogP contribution in [-0.4, -0.2) is 19.0 Å². The normalized spacial score (nSPS) is 12.5. The van der Waals surface area contributed by atoms with Gasteiger partial charge in [-0.3, -0.25) is 0 Å². The molecule has 1 aromatic rings. The number of methoxy groups -OCH3 is 1. The average Bonchev–Trinajstić information content (AvgIpc) is 2.18. The van der Waals surface area contributed by atoms with Gasteiger partial charge in [0.15, 0.2) is 0 Å². The van der Waals surface area contributed by atoms with Gasteiger partial charge in [0.05, 0.1) is 7.11 Å². The molecule has 3 heteroatoms. The van der Waals surface area contributed by atoms with E-state index in [1.807, 2.05) is 31.2 Å². The maximum absolute atomic E-state index is 5.81. The van der Waals surface area contributed by atoms with Crippen molar-refractivity contribution in [2.24, 2.45) is 0 Å². The van der Waals surface area contributed by atoms with Crippen LogP contribution in [0.25, 0.3) is 0 Å². The summed E-state index contributed by atoms with van der Waals surface area (Å²) in [5, 5.41) is 3.44. The minimum atomic E-state index is 0.174. The molecule has 0 aromatic heterocycles. The maximum atomic E-state index is 5.81. The first-order valence-electron chi connectivity index (χ1n) is 4.70. The second kappa shape index (κ2) is 5.89. The number of halogens is 1.